The molecule has 0 aliphatic heterocycles. The monoisotopic (exact) mass is 294 g/mol. The number of rotatable bonds is 7. The number of aromatic carboxylic acids is 1. The van der Waals surface area contributed by atoms with Gasteiger partial charge in [-0.3, -0.25) is 9.59 Å². The zero-order valence-corrected chi connectivity index (χ0v) is 12.3. The fourth-order valence-electron chi connectivity index (χ4n) is 1.97. The molecule has 0 amide bonds. The van der Waals surface area contributed by atoms with Crippen molar-refractivity contribution in [2.45, 2.75) is 26.7 Å². The van der Waals surface area contributed by atoms with E-state index in [1.165, 1.54) is 26.2 Å². The van der Waals surface area contributed by atoms with Gasteiger partial charge in [-0.25, -0.2) is 4.79 Å². The molecule has 21 heavy (non-hydrogen) atoms. The van der Waals surface area contributed by atoms with Crippen LogP contribution < -0.4 is 4.74 Å². The van der Waals surface area contributed by atoms with Crippen LogP contribution in [0.15, 0.2) is 12.1 Å². The van der Waals surface area contributed by atoms with Crippen molar-refractivity contribution < 1.29 is 29.0 Å². The zero-order valence-electron chi connectivity index (χ0n) is 12.3. The third-order valence-corrected chi connectivity index (χ3v) is 2.90. The van der Waals surface area contributed by atoms with Crippen LogP contribution in [0.1, 0.15) is 46.0 Å². The lowest BCUT2D eigenvalue weighted by atomic mass is 9.98. The number of hydrogen-bond acceptors (Lipinski definition) is 5. The van der Waals surface area contributed by atoms with E-state index in [1.54, 1.807) is 6.92 Å². The van der Waals surface area contributed by atoms with Crippen LogP contribution in [0.4, 0.5) is 0 Å². The first-order valence-corrected chi connectivity index (χ1v) is 6.45. The summed E-state index contributed by atoms with van der Waals surface area (Å²) in [6.07, 6.45) is 0.596. The third-order valence-electron chi connectivity index (χ3n) is 2.90. The zero-order chi connectivity index (χ0) is 16.0. The second kappa shape index (κ2) is 7.42. The molecular weight excluding hydrogens is 276 g/mol. The highest BCUT2D eigenvalue weighted by atomic mass is 16.5. The molecule has 0 aromatic heterocycles. The SMILES string of the molecule is COc1cc(C(=O)O)cc(C)c1C(=O)CCCOC(C)=O. The topological polar surface area (TPSA) is 89.9 Å². The summed E-state index contributed by atoms with van der Waals surface area (Å²) in [6.45, 7) is 3.14. The summed E-state index contributed by atoms with van der Waals surface area (Å²) in [5.74, 6) is -1.40. The molecule has 0 aliphatic carbocycles. The molecule has 0 radical (unpaired) electrons. The van der Waals surface area contributed by atoms with Crippen molar-refractivity contribution in [3.05, 3.63) is 28.8 Å². The Morgan fingerprint density at radius 1 is 1.24 bits per heavy atom. The summed E-state index contributed by atoms with van der Waals surface area (Å²) < 4.78 is 9.88. The summed E-state index contributed by atoms with van der Waals surface area (Å²) in [5.41, 5.74) is 0.982. The smallest absolute Gasteiger partial charge is 0.335 e. The molecule has 1 aromatic carbocycles. The molecule has 1 rings (SSSR count). The first-order chi connectivity index (χ1) is 9.86. The Hall–Kier alpha value is -2.37. The van der Waals surface area contributed by atoms with Gasteiger partial charge < -0.3 is 14.6 Å². The minimum Gasteiger partial charge on any atom is -0.496 e. The fraction of sp³-hybridized carbons (Fsp3) is 0.400. The second-order valence-electron chi connectivity index (χ2n) is 4.54. The van der Waals surface area contributed by atoms with E-state index in [2.05, 4.69) is 0 Å². The van der Waals surface area contributed by atoms with Crippen LogP contribution >= 0.6 is 0 Å². The van der Waals surface area contributed by atoms with Crippen molar-refractivity contribution >= 4 is 17.7 Å². The van der Waals surface area contributed by atoms with E-state index in [9.17, 15) is 14.4 Å². The number of hydrogen-bond donors (Lipinski definition) is 1. The quantitative estimate of drug-likeness (QED) is 0.471. The Labute approximate surface area is 122 Å². The third kappa shape index (κ3) is 4.59. The minimum absolute atomic E-state index is 0.0702. The number of carbonyl (C=O) groups is 3. The molecule has 6 heteroatoms. The number of benzene rings is 1. The number of ketones is 1. The van der Waals surface area contributed by atoms with Crippen molar-refractivity contribution in [2.24, 2.45) is 0 Å². The van der Waals surface area contributed by atoms with Gasteiger partial charge in [0.15, 0.2) is 5.78 Å². The van der Waals surface area contributed by atoms with E-state index < -0.39 is 5.97 Å². The van der Waals surface area contributed by atoms with Gasteiger partial charge in [-0.15, -0.1) is 0 Å². The summed E-state index contributed by atoms with van der Waals surface area (Å²) in [5, 5.41) is 9.00. The lowest BCUT2D eigenvalue weighted by molar-refractivity contribution is -0.141. The predicted octanol–water partition coefficient (Wildman–Crippen LogP) is 2.23. The molecule has 0 bridgehead atoms. The molecule has 1 aromatic rings. The van der Waals surface area contributed by atoms with Gasteiger partial charge >= 0.3 is 11.9 Å². The van der Waals surface area contributed by atoms with E-state index in [1.807, 2.05) is 0 Å². The predicted molar refractivity (Wildman–Crippen MR) is 74.9 cm³/mol. The van der Waals surface area contributed by atoms with Crippen molar-refractivity contribution in [3.63, 3.8) is 0 Å². The Balaban J connectivity index is 2.88. The first-order valence-electron chi connectivity index (χ1n) is 6.45. The van der Waals surface area contributed by atoms with Crippen LogP contribution in [0.2, 0.25) is 0 Å². The molecule has 0 heterocycles. The van der Waals surface area contributed by atoms with Gasteiger partial charge in [0.2, 0.25) is 0 Å². The number of aryl methyl sites for hydroxylation is 1. The van der Waals surface area contributed by atoms with Crippen LogP contribution in [0.25, 0.3) is 0 Å². The average Bonchev–Trinajstić information content (AvgIpc) is 2.41. The summed E-state index contributed by atoms with van der Waals surface area (Å²) in [6, 6.07) is 2.76. The molecule has 0 unspecified atom stereocenters. The van der Waals surface area contributed by atoms with E-state index in [4.69, 9.17) is 14.6 Å². The highest BCUT2D eigenvalue weighted by Crippen LogP contribution is 2.26. The van der Waals surface area contributed by atoms with E-state index in [-0.39, 0.29) is 36.1 Å². The molecule has 0 atom stereocenters. The van der Waals surface area contributed by atoms with Crippen molar-refractivity contribution in [1.29, 1.82) is 0 Å². The first kappa shape index (κ1) is 16.7. The van der Waals surface area contributed by atoms with Gasteiger partial charge in [-0.2, -0.15) is 0 Å². The molecule has 114 valence electrons. The molecule has 6 nitrogen and oxygen atoms in total. The number of ether oxygens (including phenoxy) is 2. The number of carboxylic acid groups (broad SMARTS) is 1. The minimum atomic E-state index is -1.08. The lowest BCUT2D eigenvalue weighted by Gasteiger charge is -2.12. The summed E-state index contributed by atoms with van der Waals surface area (Å²) >= 11 is 0. The lowest BCUT2D eigenvalue weighted by Crippen LogP contribution is -2.09. The molecular formula is C15H18O6. The van der Waals surface area contributed by atoms with Gasteiger partial charge in [0.25, 0.3) is 0 Å². The second-order valence-corrected chi connectivity index (χ2v) is 4.54. The van der Waals surface area contributed by atoms with E-state index in [0.29, 0.717) is 17.5 Å². The Kier molecular flexibility index (Phi) is 5.90. The van der Waals surface area contributed by atoms with E-state index >= 15 is 0 Å². The maximum Gasteiger partial charge on any atom is 0.335 e. The summed E-state index contributed by atoms with van der Waals surface area (Å²) in [4.78, 5) is 33.8. The van der Waals surface area contributed by atoms with Crippen LogP contribution in [0.3, 0.4) is 0 Å². The molecule has 0 saturated heterocycles. The van der Waals surface area contributed by atoms with Crippen molar-refractivity contribution in [1.82, 2.24) is 0 Å². The van der Waals surface area contributed by atoms with Gasteiger partial charge in [-0.05, 0) is 31.0 Å². The molecule has 1 N–H and O–H groups in total. The number of Topliss-reactive ketones (excluding diaryl/α,β-unsaturated/α-hetero) is 1. The van der Waals surface area contributed by atoms with E-state index in [0.717, 1.165) is 0 Å². The Morgan fingerprint density at radius 2 is 1.90 bits per heavy atom. The number of carboxylic acids is 1. The molecule has 0 fully saturated rings. The Morgan fingerprint density at radius 3 is 2.43 bits per heavy atom. The molecule has 0 saturated carbocycles. The fourth-order valence-corrected chi connectivity index (χ4v) is 1.97. The highest BCUT2D eigenvalue weighted by molar-refractivity contribution is 6.01. The largest absolute Gasteiger partial charge is 0.496 e. The van der Waals surface area contributed by atoms with Crippen LogP contribution in [-0.4, -0.2) is 36.5 Å². The maximum atomic E-state index is 12.2. The molecule has 0 aliphatic rings. The highest BCUT2D eigenvalue weighted by Gasteiger charge is 2.18. The Bertz CT molecular complexity index is 562. The van der Waals surface area contributed by atoms with Crippen LogP contribution in [0.5, 0.6) is 5.75 Å². The van der Waals surface area contributed by atoms with Crippen molar-refractivity contribution in [2.75, 3.05) is 13.7 Å². The van der Waals surface area contributed by atoms with Gasteiger partial charge in [0.05, 0.1) is 24.8 Å². The van der Waals surface area contributed by atoms with Gasteiger partial charge in [0, 0.05) is 13.3 Å². The maximum absolute atomic E-state index is 12.2. The average molecular weight is 294 g/mol. The van der Waals surface area contributed by atoms with Crippen LogP contribution in [-0.2, 0) is 9.53 Å². The van der Waals surface area contributed by atoms with Crippen molar-refractivity contribution in [3.8, 4) is 5.75 Å². The number of carbonyl (C=O) groups excluding carboxylic acids is 2. The van der Waals surface area contributed by atoms with Crippen LogP contribution in [0, 0.1) is 6.92 Å². The standard InChI is InChI=1S/C15H18O6/c1-9-7-11(15(18)19)8-13(20-3)14(9)12(17)5-4-6-21-10(2)16/h7-8H,4-6H2,1-3H3,(H,18,19). The number of esters is 1. The number of methoxy groups -OCH3 is 1. The van der Waals surface area contributed by atoms with Gasteiger partial charge in [0.1, 0.15) is 5.75 Å². The molecule has 0 spiro atoms. The van der Waals surface area contributed by atoms with Gasteiger partial charge in [-0.1, -0.05) is 0 Å². The normalized spacial score (nSPS) is 10.0. The summed E-state index contributed by atoms with van der Waals surface area (Å²) in [7, 11) is 1.38.